The van der Waals surface area contributed by atoms with Crippen LogP contribution in [0.5, 0.6) is 23.0 Å². The molecule has 0 spiro atoms. The van der Waals surface area contributed by atoms with Crippen LogP contribution in [0.15, 0.2) is 48.8 Å². The Hall–Kier alpha value is -4.07. The Balaban J connectivity index is 2.03. The van der Waals surface area contributed by atoms with E-state index >= 15 is 0 Å². The van der Waals surface area contributed by atoms with Gasteiger partial charge in [0.1, 0.15) is 23.6 Å². The van der Waals surface area contributed by atoms with Gasteiger partial charge in [-0.25, -0.2) is 15.0 Å². The van der Waals surface area contributed by atoms with E-state index in [1.54, 1.807) is 34.5 Å². The molecule has 4 aromatic rings. The molecule has 0 atom stereocenters. The number of rotatable bonds is 6. The lowest BCUT2D eigenvalue weighted by atomic mass is 9.98. The number of benzene rings is 2. The van der Waals surface area contributed by atoms with Gasteiger partial charge in [0.2, 0.25) is 0 Å². The van der Waals surface area contributed by atoms with Gasteiger partial charge in [0.25, 0.3) is 0 Å². The molecule has 0 amide bonds. The van der Waals surface area contributed by atoms with Crippen molar-refractivity contribution >= 4 is 16.9 Å². The number of hydrogen-bond acceptors (Lipinski definition) is 8. The highest BCUT2D eigenvalue weighted by Crippen LogP contribution is 2.43. The molecule has 2 aromatic carbocycles. The van der Waals surface area contributed by atoms with E-state index in [0.29, 0.717) is 34.1 Å². The molecule has 4 rings (SSSR count). The van der Waals surface area contributed by atoms with Crippen molar-refractivity contribution in [3.63, 3.8) is 0 Å². The highest BCUT2D eigenvalue weighted by molar-refractivity contribution is 6.02. The summed E-state index contributed by atoms with van der Waals surface area (Å²) >= 11 is 0. The second kappa shape index (κ2) is 8.35. The lowest BCUT2D eigenvalue weighted by molar-refractivity contribution is 0.349. The third-order valence-corrected chi connectivity index (χ3v) is 5.01. The van der Waals surface area contributed by atoms with E-state index in [2.05, 4.69) is 9.97 Å². The number of aromatic nitrogens is 3. The van der Waals surface area contributed by atoms with E-state index in [0.717, 1.165) is 28.1 Å². The second-order valence-electron chi connectivity index (χ2n) is 6.65. The predicted octanol–water partition coefficient (Wildman–Crippen LogP) is 3.98. The first-order chi connectivity index (χ1) is 15.1. The molecule has 0 saturated heterocycles. The number of nitrogens with zero attached hydrogens (tertiary/aromatic N) is 3. The summed E-state index contributed by atoms with van der Waals surface area (Å²) in [6, 6.07) is 13.2. The fourth-order valence-corrected chi connectivity index (χ4v) is 3.45. The minimum absolute atomic E-state index is 0.325. The molecule has 0 aliphatic heterocycles. The zero-order chi connectivity index (χ0) is 22.0. The monoisotopic (exact) mass is 418 g/mol. The van der Waals surface area contributed by atoms with Gasteiger partial charge in [-0.05, 0) is 36.4 Å². The van der Waals surface area contributed by atoms with Gasteiger partial charge >= 0.3 is 0 Å². The van der Waals surface area contributed by atoms with Crippen molar-refractivity contribution in [2.24, 2.45) is 0 Å². The molecule has 0 fully saturated rings. The predicted molar refractivity (Wildman–Crippen MR) is 119 cm³/mol. The third kappa shape index (κ3) is 3.63. The van der Waals surface area contributed by atoms with E-state index < -0.39 is 0 Å². The lowest BCUT2D eigenvalue weighted by Crippen LogP contribution is -2.00. The summed E-state index contributed by atoms with van der Waals surface area (Å²) in [5.41, 5.74) is 9.86. The molecule has 0 radical (unpaired) electrons. The molecule has 158 valence electrons. The van der Waals surface area contributed by atoms with E-state index in [4.69, 9.17) is 29.7 Å². The Morgan fingerprint density at radius 1 is 0.710 bits per heavy atom. The van der Waals surface area contributed by atoms with Gasteiger partial charge < -0.3 is 24.7 Å². The van der Waals surface area contributed by atoms with Crippen LogP contribution in [-0.4, -0.2) is 43.4 Å². The summed E-state index contributed by atoms with van der Waals surface area (Å²) in [4.78, 5) is 13.2. The summed E-state index contributed by atoms with van der Waals surface area (Å²) in [5, 5.41) is 0.630. The van der Waals surface area contributed by atoms with E-state index in [9.17, 15) is 0 Å². The van der Waals surface area contributed by atoms with E-state index in [1.165, 1.54) is 6.33 Å². The van der Waals surface area contributed by atoms with Gasteiger partial charge in [0.05, 0.1) is 39.5 Å². The fourth-order valence-electron chi connectivity index (χ4n) is 3.45. The van der Waals surface area contributed by atoms with Crippen LogP contribution in [0, 0.1) is 0 Å². The number of pyridine rings is 1. The van der Waals surface area contributed by atoms with Gasteiger partial charge in [-0.1, -0.05) is 0 Å². The van der Waals surface area contributed by atoms with Gasteiger partial charge in [-0.3, -0.25) is 0 Å². The highest BCUT2D eigenvalue weighted by Gasteiger charge is 2.19. The summed E-state index contributed by atoms with van der Waals surface area (Å²) in [6.45, 7) is 0. The van der Waals surface area contributed by atoms with Crippen LogP contribution in [0.3, 0.4) is 0 Å². The normalized spacial score (nSPS) is 10.7. The zero-order valence-corrected chi connectivity index (χ0v) is 17.7. The molecule has 0 aliphatic carbocycles. The summed E-state index contributed by atoms with van der Waals surface area (Å²) < 4.78 is 21.8. The topological polar surface area (TPSA) is 102 Å². The first-order valence-corrected chi connectivity index (χ1v) is 9.45. The molecule has 0 unspecified atom stereocenters. The number of fused-ring (bicyclic) bond motifs is 1. The first-order valence-electron chi connectivity index (χ1n) is 9.45. The van der Waals surface area contributed by atoms with Crippen molar-refractivity contribution in [3.05, 3.63) is 48.8 Å². The molecule has 2 N–H and O–H groups in total. The van der Waals surface area contributed by atoms with Crippen molar-refractivity contribution in [3.8, 4) is 45.4 Å². The average Bonchev–Trinajstić information content (AvgIpc) is 2.82. The molecule has 0 aliphatic rings. The van der Waals surface area contributed by atoms with Crippen LogP contribution in [0.2, 0.25) is 0 Å². The largest absolute Gasteiger partial charge is 0.497 e. The number of ether oxygens (including phenoxy) is 4. The maximum absolute atomic E-state index is 6.23. The van der Waals surface area contributed by atoms with Crippen LogP contribution in [0.1, 0.15) is 0 Å². The maximum Gasteiger partial charge on any atom is 0.165 e. The van der Waals surface area contributed by atoms with Gasteiger partial charge in [0.15, 0.2) is 17.1 Å². The maximum atomic E-state index is 6.23. The molecular weight excluding hydrogens is 396 g/mol. The minimum Gasteiger partial charge on any atom is -0.497 e. The Morgan fingerprint density at radius 2 is 1.39 bits per heavy atom. The standard InChI is InChI=1S/C23H22N4O4/c1-28-14-7-5-13(6-8-14)17-9-16(21-22(24)25-12-26-23(21)27-17)15-10-19(30-3)20(31-4)11-18(15)29-2/h5-12H,1-4H3,(H2,24,25,26,27). The van der Waals surface area contributed by atoms with Crippen molar-refractivity contribution in [2.45, 2.75) is 0 Å². The third-order valence-electron chi connectivity index (χ3n) is 5.01. The van der Waals surface area contributed by atoms with Crippen LogP contribution in [0.4, 0.5) is 5.82 Å². The van der Waals surface area contributed by atoms with Crippen LogP contribution in [-0.2, 0) is 0 Å². The van der Waals surface area contributed by atoms with Crippen LogP contribution in [0.25, 0.3) is 33.4 Å². The minimum atomic E-state index is 0.325. The number of anilines is 1. The number of methoxy groups -OCH3 is 4. The molecule has 0 saturated carbocycles. The molecule has 2 aromatic heterocycles. The Kier molecular flexibility index (Phi) is 5.44. The summed E-state index contributed by atoms with van der Waals surface area (Å²) in [6.07, 6.45) is 1.40. The molecule has 8 heteroatoms. The van der Waals surface area contributed by atoms with Crippen LogP contribution >= 0.6 is 0 Å². The van der Waals surface area contributed by atoms with Gasteiger partial charge in [-0.2, -0.15) is 0 Å². The highest BCUT2D eigenvalue weighted by atomic mass is 16.5. The quantitative estimate of drug-likeness (QED) is 0.502. The molecule has 31 heavy (non-hydrogen) atoms. The summed E-state index contributed by atoms with van der Waals surface area (Å²) in [7, 11) is 6.38. The van der Waals surface area contributed by atoms with Crippen molar-refractivity contribution < 1.29 is 18.9 Å². The van der Waals surface area contributed by atoms with Crippen molar-refractivity contribution in [1.82, 2.24) is 15.0 Å². The van der Waals surface area contributed by atoms with Crippen molar-refractivity contribution in [2.75, 3.05) is 34.2 Å². The number of hydrogen-bond donors (Lipinski definition) is 1. The number of nitrogen functional groups attached to an aromatic ring is 1. The lowest BCUT2D eigenvalue weighted by Gasteiger charge is -2.16. The van der Waals surface area contributed by atoms with E-state index in [1.807, 2.05) is 36.4 Å². The second-order valence-corrected chi connectivity index (χ2v) is 6.65. The molecule has 8 nitrogen and oxygen atoms in total. The molecule has 2 heterocycles. The smallest absolute Gasteiger partial charge is 0.165 e. The Bertz CT molecular complexity index is 1240. The van der Waals surface area contributed by atoms with Crippen molar-refractivity contribution in [1.29, 1.82) is 0 Å². The zero-order valence-electron chi connectivity index (χ0n) is 17.7. The fraction of sp³-hybridized carbons (Fsp3) is 0.174. The Morgan fingerprint density at radius 3 is 2.03 bits per heavy atom. The first kappa shape index (κ1) is 20.2. The van der Waals surface area contributed by atoms with Gasteiger partial charge in [-0.15, -0.1) is 0 Å². The van der Waals surface area contributed by atoms with Crippen LogP contribution < -0.4 is 24.7 Å². The average molecular weight is 418 g/mol. The van der Waals surface area contributed by atoms with Gasteiger partial charge in [0, 0.05) is 22.8 Å². The Labute approximate surface area is 179 Å². The molecular formula is C23H22N4O4. The summed E-state index contributed by atoms with van der Waals surface area (Å²) in [5.74, 6) is 2.79. The SMILES string of the molecule is COc1ccc(-c2cc(-c3cc(OC)c(OC)cc3OC)c3c(N)ncnc3n2)cc1. The number of nitrogens with two attached hydrogens (primary N) is 1. The van der Waals surface area contributed by atoms with E-state index in [-0.39, 0.29) is 0 Å². The molecule has 0 bridgehead atoms.